The van der Waals surface area contributed by atoms with Crippen molar-refractivity contribution in [3.8, 4) is 0 Å². The van der Waals surface area contributed by atoms with E-state index in [-0.39, 0.29) is 5.88 Å². The minimum absolute atomic E-state index is 0.243. The summed E-state index contributed by atoms with van der Waals surface area (Å²) in [6.45, 7) is 0. The van der Waals surface area contributed by atoms with Gasteiger partial charge in [0.15, 0.2) is 0 Å². The van der Waals surface area contributed by atoms with Crippen LogP contribution in [-0.2, 0) is 5.88 Å². The third-order valence-electron chi connectivity index (χ3n) is 1.46. The van der Waals surface area contributed by atoms with Crippen LogP contribution < -0.4 is 5.32 Å². The Balaban J connectivity index is 3.01. The second kappa shape index (κ2) is 4.35. The number of halogens is 2. The lowest BCUT2D eigenvalue weighted by Gasteiger charge is -2.06. The highest BCUT2D eigenvalue weighted by molar-refractivity contribution is 6.31. The summed E-state index contributed by atoms with van der Waals surface area (Å²) in [6.07, 6.45) is -1.13. The van der Waals surface area contributed by atoms with Gasteiger partial charge in [0.1, 0.15) is 0 Å². The Kier molecular flexibility index (Phi) is 3.39. The molecule has 0 atom stereocenters. The van der Waals surface area contributed by atoms with Crippen molar-refractivity contribution in [3.05, 3.63) is 28.8 Å². The quantitative estimate of drug-likeness (QED) is 0.752. The van der Waals surface area contributed by atoms with Gasteiger partial charge >= 0.3 is 6.09 Å². The highest BCUT2D eigenvalue weighted by Gasteiger charge is 2.04. The molecule has 1 aromatic carbocycles. The minimum Gasteiger partial charge on any atom is -0.465 e. The topological polar surface area (TPSA) is 49.3 Å². The van der Waals surface area contributed by atoms with Gasteiger partial charge in [0, 0.05) is 16.6 Å². The second-order valence-corrected chi connectivity index (χ2v) is 3.07. The van der Waals surface area contributed by atoms with E-state index in [4.69, 9.17) is 28.3 Å². The van der Waals surface area contributed by atoms with Crippen LogP contribution in [0.1, 0.15) is 5.56 Å². The van der Waals surface area contributed by atoms with Crippen LogP contribution in [0, 0.1) is 0 Å². The average molecular weight is 220 g/mol. The van der Waals surface area contributed by atoms with Crippen LogP contribution in [0.2, 0.25) is 5.02 Å². The van der Waals surface area contributed by atoms with Gasteiger partial charge in [-0.2, -0.15) is 0 Å². The normalized spacial score (nSPS) is 9.69. The lowest BCUT2D eigenvalue weighted by atomic mass is 10.2. The fraction of sp³-hybridized carbons (Fsp3) is 0.125. The molecule has 0 spiro atoms. The molecule has 0 aliphatic carbocycles. The molecule has 0 fully saturated rings. The molecule has 5 heteroatoms. The Bertz CT molecular complexity index is 328. The minimum atomic E-state index is -1.13. The van der Waals surface area contributed by atoms with Gasteiger partial charge in [-0.05, 0) is 17.7 Å². The van der Waals surface area contributed by atoms with E-state index in [2.05, 4.69) is 5.32 Å². The maximum absolute atomic E-state index is 10.4. The van der Waals surface area contributed by atoms with Crippen LogP contribution in [0.25, 0.3) is 0 Å². The summed E-state index contributed by atoms with van der Waals surface area (Å²) in [5, 5.41) is 11.2. The van der Waals surface area contributed by atoms with E-state index in [1.54, 1.807) is 12.1 Å². The van der Waals surface area contributed by atoms with Crippen molar-refractivity contribution in [1.29, 1.82) is 0 Å². The summed E-state index contributed by atoms with van der Waals surface area (Å²) in [4.78, 5) is 10.4. The molecule has 1 amide bonds. The van der Waals surface area contributed by atoms with Crippen LogP contribution >= 0.6 is 23.2 Å². The monoisotopic (exact) mass is 219 g/mol. The fourth-order valence-electron chi connectivity index (χ4n) is 0.897. The van der Waals surface area contributed by atoms with Crippen LogP contribution in [0.3, 0.4) is 0 Å². The van der Waals surface area contributed by atoms with Crippen molar-refractivity contribution >= 4 is 35.0 Å². The number of rotatable bonds is 2. The number of nitrogens with one attached hydrogen (secondary N) is 1. The highest BCUT2D eigenvalue weighted by Crippen LogP contribution is 2.22. The number of benzene rings is 1. The number of anilines is 1. The van der Waals surface area contributed by atoms with Gasteiger partial charge in [0.05, 0.1) is 0 Å². The largest absolute Gasteiger partial charge is 0.465 e. The molecular formula is C8H7Cl2NO2. The molecule has 0 radical (unpaired) electrons. The summed E-state index contributed by atoms with van der Waals surface area (Å²) in [6, 6.07) is 4.86. The zero-order valence-electron chi connectivity index (χ0n) is 6.55. The van der Waals surface area contributed by atoms with E-state index < -0.39 is 6.09 Å². The van der Waals surface area contributed by atoms with Crippen LogP contribution in [0.15, 0.2) is 18.2 Å². The molecule has 0 aromatic heterocycles. The van der Waals surface area contributed by atoms with Crippen molar-refractivity contribution in [1.82, 2.24) is 0 Å². The van der Waals surface area contributed by atoms with Crippen molar-refractivity contribution in [2.75, 3.05) is 5.32 Å². The number of alkyl halides is 1. The molecule has 0 aliphatic rings. The summed E-state index contributed by atoms with van der Waals surface area (Å²) in [7, 11) is 0. The van der Waals surface area contributed by atoms with E-state index in [0.29, 0.717) is 16.3 Å². The Morgan fingerprint density at radius 3 is 2.77 bits per heavy atom. The first-order chi connectivity index (χ1) is 6.13. The summed E-state index contributed by atoms with van der Waals surface area (Å²) >= 11 is 11.3. The Morgan fingerprint density at radius 2 is 2.23 bits per heavy atom. The highest BCUT2D eigenvalue weighted by atomic mass is 35.5. The molecule has 70 valence electrons. The first-order valence-electron chi connectivity index (χ1n) is 3.48. The maximum Gasteiger partial charge on any atom is 0.409 e. The number of amides is 1. The van der Waals surface area contributed by atoms with Gasteiger partial charge in [-0.1, -0.05) is 17.7 Å². The lowest BCUT2D eigenvalue weighted by Crippen LogP contribution is -2.08. The third-order valence-corrected chi connectivity index (χ3v) is 1.98. The van der Waals surface area contributed by atoms with Gasteiger partial charge in [-0.25, -0.2) is 4.79 Å². The average Bonchev–Trinajstić information content (AvgIpc) is 2.03. The van der Waals surface area contributed by atoms with E-state index in [0.717, 1.165) is 0 Å². The summed E-state index contributed by atoms with van der Waals surface area (Å²) in [5.41, 5.74) is 1.13. The van der Waals surface area contributed by atoms with Crippen molar-refractivity contribution in [2.24, 2.45) is 0 Å². The molecule has 2 N–H and O–H groups in total. The zero-order chi connectivity index (χ0) is 9.84. The molecule has 3 nitrogen and oxygen atoms in total. The second-order valence-electron chi connectivity index (χ2n) is 2.37. The summed E-state index contributed by atoms with van der Waals surface area (Å²) < 4.78 is 0. The van der Waals surface area contributed by atoms with Crippen LogP contribution in [0.4, 0.5) is 10.5 Å². The van der Waals surface area contributed by atoms with E-state index in [1.807, 2.05) is 0 Å². The Morgan fingerprint density at radius 1 is 1.54 bits per heavy atom. The maximum atomic E-state index is 10.4. The molecule has 1 rings (SSSR count). The van der Waals surface area contributed by atoms with E-state index in [1.165, 1.54) is 6.07 Å². The van der Waals surface area contributed by atoms with Crippen LogP contribution in [0.5, 0.6) is 0 Å². The predicted octanol–water partition coefficient (Wildman–Crippen LogP) is 3.17. The van der Waals surface area contributed by atoms with E-state index >= 15 is 0 Å². The number of hydrogen-bond acceptors (Lipinski definition) is 1. The number of carbonyl (C=O) groups is 1. The molecule has 0 heterocycles. The molecular weight excluding hydrogens is 213 g/mol. The predicted molar refractivity (Wildman–Crippen MR) is 52.7 cm³/mol. The van der Waals surface area contributed by atoms with Gasteiger partial charge in [0.2, 0.25) is 0 Å². The van der Waals surface area contributed by atoms with Gasteiger partial charge in [-0.15, -0.1) is 11.6 Å². The van der Waals surface area contributed by atoms with Gasteiger partial charge < -0.3 is 5.11 Å². The van der Waals surface area contributed by atoms with E-state index in [9.17, 15) is 4.79 Å². The third kappa shape index (κ3) is 2.79. The molecule has 0 saturated carbocycles. The molecule has 13 heavy (non-hydrogen) atoms. The fourth-order valence-corrected chi connectivity index (χ4v) is 1.30. The Labute approximate surface area is 85.3 Å². The van der Waals surface area contributed by atoms with Crippen LogP contribution in [-0.4, -0.2) is 11.2 Å². The first-order valence-corrected chi connectivity index (χ1v) is 4.39. The number of hydrogen-bond donors (Lipinski definition) is 2. The molecule has 0 saturated heterocycles. The summed E-state index contributed by atoms with van der Waals surface area (Å²) in [5.74, 6) is 0.243. The molecule has 1 aromatic rings. The first kappa shape index (κ1) is 10.2. The SMILES string of the molecule is O=C(O)Nc1cc(Cl)ccc1CCl. The molecule has 0 bridgehead atoms. The standard InChI is InChI=1S/C8H7Cl2NO2/c9-4-5-1-2-6(10)3-7(5)11-8(12)13/h1-3,11H,4H2,(H,12,13). The molecule has 0 unspecified atom stereocenters. The van der Waals surface area contributed by atoms with Gasteiger partial charge in [-0.3, -0.25) is 5.32 Å². The van der Waals surface area contributed by atoms with Gasteiger partial charge in [0.25, 0.3) is 0 Å². The lowest BCUT2D eigenvalue weighted by molar-refractivity contribution is 0.209. The van der Waals surface area contributed by atoms with Crippen molar-refractivity contribution in [3.63, 3.8) is 0 Å². The Hall–Kier alpha value is -0.930. The molecule has 0 aliphatic heterocycles. The van der Waals surface area contributed by atoms with Crippen molar-refractivity contribution < 1.29 is 9.90 Å². The van der Waals surface area contributed by atoms with Crippen molar-refractivity contribution in [2.45, 2.75) is 5.88 Å². The smallest absolute Gasteiger partial charge is 0.409 e. The number of carboxylic acid groups (broad SMARTS) is 1. The zero-order valence-corrected chi connectivity index (χ0v) is 8.06.